The van der Waals surface area contributed by atoms with Crippen molar-refractivity contribution in [1.82, 2.24) is 9.78 Å². The van der Waals surface area contributed by atoms with Crippen LogP contribution in [0.25, 0.3) is 0 Å². The Hall–Kier alpha value is -1.16. The van der Waals surface area contributed by atoms with Crippen LogP contribution in [0.15, 0.2) is 16.9 Å². The van der Waals surface area contributed by atoms with Crippen molar-refractivity contribution in [2.75, 3.05) is 0 Å². The van der Waals surface area contributed by atoms with E-state index in [1.807, 2.05) is 20.8 Å². The first-order chi connectivity index (χ1) is 6.50. The van der Waals surface area contributed by atoms with Crippen LogP contribution in [0.5, 0.6) is 0 Å². The van der Waals surface area contributed by atoms with Crippen LogP contribution in [0.2, 0.25) is 0 Å². The third-order valence-electron chi connectivity index (χ3n) is 2.13. The summed E-state index contributed by atoms with van der Waals surface area (Å²) in [4.78, 5) is 11.3. The number of hydrogen-bond acceptors (Lipinski definition) is 3. The van der Waals surface area contributed by atoms with Gasteiger partial charge in [-0.25, -0.2) is 4.68 Å². The summed E-state index contributed by atoms with van der Waals surface area (Å²) in [5.74, 6) is 0.129. The molecule has 78 valence electrons. The van der Waals surface area contributed by atoms with Crippen molar-refractivity contribution < 1.29 is 5.11 Å². The zero-order chi connectivity index (χ0) is 10.7. The first-order valence-electron chi connectivity index (χ1n) is 4.73. The van der Waals surface area contributed by atoms with Crippen LogP contribution >= 0.6 is 0 Å². The predicted molar refractivity (Wildman–Crippen MR) is 54.1 cm³/mol. The second-order valence-electron chi connectivity index (χ2n) is 3.81. The zero-order valence-corrected chi connectivity index (χ0v) is 8.77. The lowest BCUT2D eigenvalue weighted by Gasteiger charge is -2.14. The minimum Gasteiger partial charge on any atom is -0.391 e. The molecule has 0 radical (unpaired) electrons. The fourth-order valence-electron chi connectivity index (χ4n) is 1.07. The summed E-state index contributed by atoms with van der Waals surface area (Å²) in [5.41, 5.74) is 0.607. The number of aliphatic hydroxyl groups excluding tert-OH is 1. The van der Waals surface area contributed by atoms with Crippen molar-refractivity contribution in [3.8, 4) is 0 Å². The molecule has 0 aliphatic carbocycles. The molecule has 1 aromatic rings. The minimum absolute atomic E-state index is 0.129. The zero-order valence-electron chi connectivity index (χ0n) is 8.77. The number of aromatic nitrogens is 2. The Morgan fingerprint density at radius 1 is 1.50 bits per heavy atom. The fourth-order valence-corrected chi connectivity index (χ4v) is 1.07. The molecule has 14 heavy (non-hydrogen) atoms. The first-order valence-corrected chi connectivity index (χ1v) is 4.73. The highest BCUT2D eigenvalue weighted by Gasteiger charge is 2.11. The van der Waals surface area contributed by atoms with Gasteiger partial charge < -0.3 is 5.11 Å². The van der Waals surface area contributed by atoms with Crippen molar-refractivity contribution >= 4 is 0 Å². The molecule has 0 aromatic carbocycles. The maximum Gasteiger partial charge on any atom is 0.266 e. The van der Waals surface area contributed by atoms with Gasteiger partial charge in [-0.3, -0.25) is 4.79 Å². The number of aliphatic hydroxyl groups is 1. The molecule has 4 nitrogen and oxygen atoms in total. The van der Waals surface area contributed by atoms with E-state index in [4.69, 9.17) is 0 Å². The van der Waals surface area contributed by atoms with E-state index in [0.29, 0.717) is 0 Å². The average molecular weight is 196 g/mol. The van der Waals surface area contributed by atoms with E-state index in [0.717, 1.165) is 5.69 Å². The molecule has 0 saturated heterocycles. The largest absolute Gasteiger partial charge is 0.391 e. The van der Waals surface area contributed by atoms with Gasteiger partial charge >= 0.3 is 0 Å². The van der Waals surface area contributed by atoms with E-state index >= 15 is 0 Å². The molecule has 4 heteroatoms. The van der Waals surface area contributed by atoms with Crippen molar-refractivity contribution in [3.63, 3.8) is 0 Å². The highest BCUT2D eigenvalue weighted by atomic mass is 16.3. The van der Waals surface area contributed by atoms with Crippen molar-refractivity contribution in [3.05, 3.63) is 28.2 Å². The molecule has 1 rings (SSSR count). The van der Waals surface area contributed by atoms with Gasteiger partial charge in [0.2, 0.25) is 0 Å². The molecular formula is C10H16N2O2. The summed E-state index contributed by atoms with van der Waals surface area (Å²) in [6.07, 6.45) is -0.526. The van der Waals surface area contributed by atoms with E-state index in [2.05, 4.69) is 5.10 Å². The van der Waals surface area contributed by atoms with Gasteiger partial charge in [0.1, 0.15) is 0 Å². The minimum atomic E-state index is -0.526. The van der Waals surface area contributed by atoms with Gasteiger partial charge in [0.15, 0.2) is 0 Å². The number of rotatable bonds is 3. The second kappa shape index (κ2) is 4.37. The predicted octanol–water partition coefficient (Wildman–Crippen LogP) is 0.569. The maximum atomic E-state index is 11.3. The topological polar surface area (TPSA) is 55.1 Å². The lowest BCUT2D eigenvalue weighted by atomic mass is 10.1. The molecule has 0 fully saturated rings. The van der Waals surface area contributed by atoms with Gasteiger partial charge in [-0.2, -0.15) is 5.10 Å². The van der Waals surface area contributed by atoms with Crippen LogP contribution in [0.4, 0.5) is 0 Å². The summed E-state index contributed by atoms with van der Waals surface area (Å²) in [6, 6.07) is 3.13. The Morgan fingerprint density at radius 3 is 2.71 bits per heavy atom. The molecular weight excluding hydrogens is 180 g/mol. The van der Waals surface area contributed by atoms with E-state index in [-0.39, 0.29) is 18.0 Å². The number of aryl methyl sites for hydroxylation is 1. The molecule has 1 aromatic heterocycles. The van der Waals surface area contributed by atoms with Crippen molar-refractivity contribution in [1.29, 1.82) is 0 Å². The van der Waals surface area contributed by atoms with E-state index < -0.39 is 6.10 Å². The van der Waals surface area contributed by atoms with Crippen molar-refractivity contribution in [2.24, 2.45) is 5.92 Å². The van der Waals surface area contributed by atoms with E-state index in [1.165, 1.54) is 10.7 Å². The van der Waals surface area contributed by atoms with Crippen molar-refractivity contribution in [2.45, 2.75) is 33.4 Å². The Morgan fingerprint density at radius 2 is 2.14 bits per heavy atom. The third-order valence-corrected chi connectivity index (χ3v) is 2.13. The maximum absolute atomic E-state index is 11.3. The standard InChI is InChI=1S/C10H16N2O2/c1-7(2)9(13)6-12-10(14)5-4-8(3)11-12/h4-5,7,9,13H,6H2,1-3H3. The molecule has 0 bridgehead atoms. The van der Waals surface area contributed by atoms with Gasteiger partial charge in [0, 0.05) is 6.07 Å². The molecule has 1 heterocycles. The monoisotopic (exact) mass is 196 g/mol. The fraction of sp³-hybridized carbons (Fsp3) is 0.600. The molecule has 0 aliphatic rings. The summed E-state index contributed by atoms with van der Waals surface area (Å²) < 4.78 is 1.31. The van der Waals surface area contributed by atoms with Gasteiger partial charge in [0.05, 0.1) is 18.3 Å². The smallest absolute Gasteiger partial charge is 0.266 e. The molecule has 0 saturated carbocycles. The van der Waals surface area contributed by atoms with Crippen LogP contribution in [0, 0.1) is 12.8 Å². The normalized spacial score (nSPS) is 13.2. The van der Waals surface area contributed by atoms with Crippen LogP contribution in [-0.2, 0) is 6.54 Å². The Bertz CT molecular complexity index is 357. The molecule has 1 N–H and O–H groups in total. The summed E-state index contributed by atoms with van der Waals surface area (Å²) in [6.45, 7) is 5.90. The summed E-state index contributed by atoms with van der Waals surface area (Å²) in [5, 5.41) is 13.6. The van der Waals surface area contributed by atoms with Crippen LogP contribution < -0.4 is 5.56 Å². The lowest BCUT2D eigenvalue weighted by Crippen LogP contribution is -2.31. The van der Waals surface area contributed by atoms with Gasteiger partial charge in [-0.1, -0.05) is 13.8 Å². The molecule has 0 spiro atoms. The Kier molecular flexibility index (Phi) is 3.41. The van der Waals surface area contributed by atoms with E-state index in [1.54, 1.807) is 6.07 Å². The number of nitrogens with zero attached hydrogens (tertiary/aromatic N) is 2. The number of hydrogen-bond donors (Lipinski definition) is 1. The molecule has 1 unspecified atom stereocenters. The SMILES string of the molecule is Cc1ccc(=O)n(CC(O)C(C)C)n1. The van der Waals surface area contributed by atoms with Gasteiger partial charge in [0.25, 0.3) is 5.56 Å². The third kappa shape index (κ3) is 2.67. The Labute approximate surface area is 83.2 Å². The molecule has 0 aliphatic heterocycles. The second-order valence-corrected chi connectivity index (χ2v) is 3.81. The van der Waals surface area contributed by atoms with Crippen LogP contribution in [0.1, 0.15) is 19.5 Å². The first kappa shape index (κ1) is 10.9. The van der Waals surface area contributed by atoms with Gasteiger partial charge in [-0.05, 0) is 18.9 Å². The van der Waals surface area contributed by atoms with E-state index in [9.17, 15) is 9.90 Å². The van der Waals surface area contributed by atoms with Crippen LogP contribution in [0.3, 0.4) is 0 Å². The summed E-state index contributed by atoms with van der Waals surface area (Å²) >= 11 is 0. The average Bonchev–Trinajstić information content (AvgIpc) is 2.11. The highest BCUT2D eigenvalue weighted by Crippen LogP contribution is 2.02. The lowest BCUT2D eigenvalue weighted by molar-refractivity contribution is 0.101. The van der Waals surface area contributed by atoms with Crippen LogP contribution in [-0.4, -0.2) is 21.0 Å². The molecule has 0 amide bonds. The highest BCUT2D eigenvalue weighted by molar-refractivity contribution is 4.97. The van der Waals surface area contributed by atoms with Gasteiger partial charge in [-0.15, -0.1) is 0 Å². The quantitative estimate of drug-likeness (QED) is 0.769. The summed E-state index contributed by atoms with van der Waals surface area (Å²) in [7, 11) is 0. The molecule has 1 atom stereocenters. The Balaban J connectivity index is 2.86.